The molecule has 0 atom stereocenters. The van der Waals surface area contributed by atoms with Crippen LogP contribution in [0.15, 0.2) is 12.1 Å². The van der Waals surface area contributed by atoms with Gasteiger partial charge in [-0.15, -0.1) is 0 Å². The van der Waals surface area contributed by atoms with Crippen LogP contribution in [0, 0.1) is 25.2 Å². The van der Waals surface area contributed by atoms with Gasteiger partial charge < -0.3 is 9.84 Å². The van der Waals surface area contributed by atoms with E-state index in [1.165, 1.54) is 0 Å². The Morgan fingerprint density at radius 1 is 1.36 bits per heavy atom. The monoisotopic (exact) mass is 297 g/mol. The molecule has 1 aliphatic carbocycles. The number of hydrogen-bond acceptors (Lipinski definition) is 4. The fourth-order valence-electron chi connectivity index (χ4n) is 2.75. The molecule has 1 aromatic carbocycles. The molecule has 0 spiro atoms. The summed E-state index contributed by atoms with van der Waals surface area (Å²) in [6.07, 6.45) is 2.23. The van der Waals surface area contributed by atoms with Gasteiger partial charge in [-0.25, -0.2) is 0 Å². The number of benzene rings is 1. The molecule has 2 aromatic rings. The SMILES string of the molecule is Cc1cc(Oc2c(C3CC3)nn(C)c2CO)cc(C)c1C#N. The molecule has 0 saturated heterocycles. The van der Waals surface area contributed by atoms with Crippen LogP contribution in [0.4, 0.5) is 0 Å². The van der Waals surface area contributed by atoms with Gasteiger partial charge in [0, 0.05) is 13.0 Å². The van der Waals surface area contributed by atoms with E-state index in [1.807, 2.05) is 33.0 Å². The van der Waals surface area contributed by atoms with Crippen molar-refractivity contribution >= 4 is 0 Å². The van der Waals surface area contributed by atoms with Crippen molar-refractivity contribution in [2.75, 3.05) is 0 Å². The second-order valence-corrected chi connectivity index (χ2v) is 5.86. The van der Waals surface area contributed by atoms with Crippen LogP contribution >= 0.6 is 0 Å². The largest absolute Gasteiger partial charge is 0.453 e. The third kappa shape index (κ3) is 2.46. The van der Waals surface area contributed by atoms with Gasteiger partial charge in [-0.1, -0.05) is 0 Å². The third-order valence-corrected chi connectivity index (χ3v) is 4.09. The molecule has 1 aromatic heterocycles. The minimum atomic E-state index is -0.111. The lowest BCUT2D eigenvalue weighted by Gasteiger charge is -2.11. The summed E-state index contributed by atoms with van der Waals surface area (Å²) in [5.41, 5.74) is 4.07. The molecule has 0 aliphatic heterocycles. The van der Waals surface area contributed by atoms with Gasteiger partial charge in [0.15, 0.2) is 5.75 Å². The molecule has 0 radical (unpaired) electrons. The zero-order valence-corrected chi connectivity index (χ0v) is 13.1. The lowest BCUT2D eigenvalue weighted by atomic mass is 10.0. The average Bonchev–Trinajstić information content (AvgIpc) is 3.24. The summed E-state index contributed by atoms with van der Waals surface area (Å²) in [5.74, 6) is 1.77. The number of hydrogen-bond donors (Lipinski definition) is 1. The van der Waals surface area contributed by atoms with Crippen LogP contribution in [-0.2, 0) is 13.7 Å². The van der Waals surface area contributed by atoms with Crippen molar-refractivity contribution in [3.63, 3.8) is 0 Å². The molecule has 1 fully saturated rings. The lowest BCUT2D eigenvalue weighted by molar-refractivity contribution is 0.265. The number of aryl methyl sites for hydroxylation is 3. The molecule has 1 N–H and O–H groups in total. The van der Waals surface area contributed by atoms with E-state index in [4.69, 9.17) is 10.00 Å². The first kappa shape index (κ1) is 14.6. The summed E-state index contributed by atoms with van der Waals surface area (Å²) in [6, 6.07) is 5.92. The molecule has 114 valence electrons. The lowest BCUT2D eigenvalue weighted by Crippen LogP contribution is -1.99. The van der Waals surface area contributed by atoms with Crippen LogP contribution in [0.5, 0.6) is 11.5 Å². The highest BCUT2D eigenvalue weighted by atomic mass is 16.5. The molecule has 5 heteroatoms. The fraction of sp³-hybridized carbons (Fsp3) is 0.412. The number of aromatic nitrogens is 2. The van der Waals surface area contributed by atoms with E-state index >= 15 is 0 Å². The molecule has 0 amide bonds. The van der Waals surface area contributed by atoms with Crippen molar-refractivity contribution in [3.8, 4) is 17.6 Å². The predicted molar refractivity (Wildman–Crippen MR) is 81.8 cm³/mol. The first-order chi connectivity index (χ1) is 10.5. The number of rotatable bonds is 4. The Bertz CT molecular complexity index is 744. The zero-order chi connectivity index (χ0) is 15.9. The van der Waals surface area contributed by atoms with Crippen molar-refractivity contribution in [1.82, 2.24) is 9.78 Å². The van der Waals surface area contributed by atoms with Crippen LogP contribution in [0.1, 0.15) is 46.8 Å². The molecule has 0 bridgehead atoms. The first-order valence-electron chi connectivity index (χ1n) is 7.41. The molecule has 3 rings (SSSR count). The van der Waals surface area contributed by atoms with Crippen LogP contribution in [-0.4, -0.2) is 14.9 Å². The minimum absolute atomic E-state index is 0.111. The topological polar surface area (TPSA) is 71.1 Å². The summed E-state index contributed by atoms with van der Waals surface area (Å²) < 4.78 is 7.75. The van der Waals surface area contributed by atoms with Crippen LogP contribution in [0.3, 0.4) is 0 Å². The van der Waals surface area contributed by atoms with Gasteiger partial charge >= 0.3 is 0 Å². The zero-order valence-electron chi connectivity index (χ0n) is 13.1. The molecular weight excluding hydrogens is 278 g/mol. The van der Waals surface area contributed by atoms with Gasteiger partial charge in [0.05, 0.1) is 18.2 Å². The summed E-state index contributed by atoms with van der Waals surface area (Å²) in [7, 11) is 1.82. The minimum Gasteiger partial charge on any atom is -0.453 e. The van der Waals surface area contributed by atoms with E-state index in [2.05, 4.69) is 11.2 Å². The van der Waals surface area contributed by atoms with Gasteiger partial charge in [-0.05, 0) is 49.9 Å². The Kier molecular flexibility index (Phi) is 3.63. The molecule has 1 aliphatic rings. The van der Waals surface area contributed by atoms with Crippen LogP contribution in [0.2, 0.25) is 0 Å². The quantitative estimate of drug-likeness (QED) is 0.941. The van der Waals surface area contributed by atoms with E-state index in [1.54, 1.807) is 4.68 Å². The van der Waals surface area contributed by atoms with E-state index < -0.39 is 0 Å². The average molecular weight is 297 g/mol. The summed E-state index contributed by atoms with van der Waals surface area (Å²) in [4.78, 5) is 0. The maximum atomic E-state index is 9.60. The Labute approximate surface area is 129 Å². The molecule has 5 nitrogen and oxygen atoms in total. The Balaban J connectivity index is 2.02. The second kappa shape index (κ2) is 5.47. The number of aliphatic hydroxyl groups excluding tert-OH is 1. The number of aliphatic hydroxyl groups is 1. The maximum absolute atomic E-state index is 9.60. The summed E-state index contributed by atoms with van der Waals surface area (Å²) in [5, 5.41) is 23.3. The second-order valence-electron chi connectivity index (χ2n) is 5.86. The van der Waals surface area contributed by atoms with Crippen LogP contribution < -0.4 is 4.74 Å². The Morgan fingerprint density at radius 2 is 2.00 bits per heavy atom. The van der Waals surface area contributed by atoms with Gasteiger partial charge in [0.25, 0.3) is 0 Å². The molecule has 0 unspecified atom stereocenters. The third-order valence-electron chi connectivity index (χ3n) is 4.09. The van der Waals surface area contributed by atoms with Crippen molar-refractivity contribution in [2.24, 2.45) is 7.05 Å². The van der Waals surface area contributed by atoms with E-state index in [9.17, 15) is 5.11 Å². The molecule has 1 heterocycles. The molecule has 22 heavy (non-hydrogen) atoms. The Hall–Kier alpha value is -2.32. The smallest absolute Gasteiger partial charge is 0.174 e. The molecular formula is C17H19N3O2. The number of nitriles is 1. The fourth-order valence-corrected chi connectivity index (χ4v) is 2.75. The van der Waals surface area contributed by atoms with Crippen molar-refractivity contribution in [1.29, 1.82) is 5.26 Å². The number of ether oxygens (including phenoxy) is 1. The van der Waals surface area contributed by atoms with Gasteiger partial charge in [-0.2, -0.15) is 10.4 Å². The van der Waals surface area contributed by atoms with Crippen molar-refractivity contribution < 1.29 is 9.84 Å². The standard InChI is InChI=1S/C17H19N3O2/c1-10-6-13(7-11(2)14(10)8-18)22-17-15(9-21)20(3)19-16(17)12-4-5-12/h6-7,12,21H,4-5,9H2,1-3H3. The highest BCUT2D eigenvalue weighted by Crippen LogP contribution is 2.46. The highest BCUT2D eigenvalue weighted by Gasteiger charge is 2.32. The van der Waals surface area contributed by atoms with Gasteiger partial charge in [-0.3, -0.25) is 4.68 Å². The van der Waals surface area contributed by atoms with Crippen molar-refractivity contribution in [2.45, 2.75) is 39.2 Å². The van der Waals surface area contributed by atoms with Gasteiger partial charge in [0.1, 0.15) is 17.1 Å². The number of nitrogens with zero attached hydrogens (tertiary/aromatic N) is 3. The van der Waals surface area contributed by atoms with Crippen LogP contribution in [0.25, 0.3) is 0 Å². The van der Waals surface area contributed by atoms with E-state index in [0.717, 1.165) is 29.7 Å². The predicted octanol–water partition coefficient (Wildman–Crippen LogP) is 3.07. The summed E-state index contributed by atoms with van der Waals surface area (Å²) in [6.45, 7) is 3.69. The van der Waals surface area contributed by atoms with E-state index in [-0.39, 0.29) is 6.61 Å². The Morgan fingerprint density at radius 3 is 2.50 bits per heavy atom. The summed E-state index contributed by atoms with van der Waals surface area (Å²) >= 11 is 0. The maximum Gasteiger partial charge on any atom is 0.174 e. The van der Waals surface area contributed by atoms with Gasteiger partial charge in [0.2, 0.25) is 0 Å². The highest BCUT2D eigenvalue weighted by molar-refractivity contribution is 5.50. The molecule has 1 saturated carbocycles. The normalized spacial score (nSPS) is 14.0. The first-order valence-corrected chi connectivity index (χ1v) is 7.41. The van der Waals surface area contributed by atoms with Crippen molar-refractivity contribution in [3.05, 3.63) is 40.2 Å². The van der Waals surface area contributed by atoms with E-state index in [0.29, 0.717) is 28.7 Å².